The van der Waals surface area contributed by atoms with Gasteiger partial charge < -0.3 is 9.88 Å². The normalized spacial score (nSPS) is 14.6. The summed E-state index contributed by atoms with van der Waals surface area (Å²) < 4.78 is 15.9. The Hall–Kier alpha value is -3.81. The summed E-state index contributed by atoms with van der Waals surface area (Å²) >= 11 is 11.8. The molecule has 3 heterocycles. The van der Waals surface area contributed by atoms with Gasteiger partial charge in [-0.1, -0.05) is 29.3 Å². The molecule has 1 amide bonds. The van der Waals surface area contributed by atoms with E-state index in [1.54, 1.807) is 30.6 Å². The van der Waals surface area contributed by atoms with E-state index in [1.807, 2.05) is 28.8 Å². The molecule has 0 aliphatic heterocycles. The Morgan fingerprint density at radius 3 is 2.31 bits per heavy atom. The van der Waals surface area contributed by atoms with Crippen molar-refractivity contribution in [2.75, 3.05) is 0 Å². The third-order valence-electron chi connectivity index (χ3n) is 6.89. The Labute approximate surface area is 233 Å². The van der Waals surface area contributed by atoms with Gasteiger partial charge in [0.15, 0.2) is 0 Å². The predicted molar refractivity (Wildman–Crippen MR) is 152 cm³/mol. The first-order valence-corrected chi connectivity index (χ1v) is 13.4. The van der Waals surface area contributed by atoms with Gasteiger partial charge >= 0.3 is 0 Å². The Kier molecular flexibility index (Phi) is 6.79. The molecular weight excluding hydrogens is 538 g/mol. The molecule has 0 bridgehead atoms. The van der Waals surface area contributed by atoms with Gasteiger partial charge in [-0.2, -0.15) is 0 Å². The van der Waals surface area contributed by atoms with Gasteiger partial charge in [0.05, 0.1) is 16.5 Å². The Balaban J connectivity index is 0.000000142. The minimum Gasteiger partial charge on any atom is -0.349 e. The van der Waals surface area contributed by atoms with Crippen molar-refractivity contribution < 1.29 is 9.18 Å². The number of nitrogens with zero attached hydrogens (tertiary/aromatic N) is 3. The lowest BCUT2D eigenvalue weighted by molar-refractivity contribution is 0.0951. The lowest BCUT2D eigenvalue weighted by Gasteiger charge is -2.12. The first kappa shape index (κ1) is 25.5. The van der Waals surface area contributed by atoms with Crippen molar-refractivity contribution in [2.24, 2.45) is 0 Å². The zero-order valence-corrected chi connectivity index (χ0v) is 22.2. The van der Waals surface area contributed by atoms with Crippen LogP contribution in [0, 0.1) is 5.82 Å². The van der Waals surface area contributed by atoms with Gasteiger partial charge in [0.1, 0.15) is 5.82 Å². The molecule has 0 radical (unpaired) electrons. The second-order valence-corrected chi connectivity index (χ2v) is 10.7. The van der Waals surface area contributed by atoms with Crippen LogP contribution in [-0.4, -0.2) is 26.5 Å². The van der Waals surface area contributed by atoms with Crippen LogP contribution in [0.5, 0.6) is 0 Å². The highest BCUT2D eigenvalue weighted by molar-refractivity contribution is 6.31. The van der Waals surface area contributed by atoms with Gasteiger partial charge in [-0.05, 0) is 73.5 Å². The summed E-state index contributed by atoms with van der Waals surface area (Å²) in [5, 5.41) is 6.56. The molecule has 2 aliphatic carbocycles. The number of carbonyl (C=O) groups is 1. The summed E-state index contributed by atoms with van der Waals surface area (Å²) in [6.07, 6.45) is 10.5. The average molecular weight is 561 g/mol. The van der Waals surface area contributed by atoms with Crippen molar-refractivity contribution >= 4 is 50.8 Å². The quantitative estimate of drug-likeness (QED) is 0.241. The summed E-state index contributed by atoms with van der Waals surface area (Å²) in [4.78, 5) is 32.8. The maximum absolute atomic E-state index is 14.0. The summed E-state index contributed by atoms with van der Waals surface area (Å²) in [6, 6.07) is 14.2. The van der Waals surface area contributed by atoms with Crippen molar-refractivity contribution in [2.45, 2.75) is 37.8 Å². The number of fused-ring (bicyclic) bond motifs is 3. The van der Waals surface area contributed by atoms with Gasteiger partial charge in [-0.3, -0.25) is 19.6 Å². The molecule has 7 rings (SSSR count). The number of halogens is 3. The smallest absolute Gasteiger partial charge is 0.260 e. The van der Waals surface area contributed by atoms with Crippen LogP contribution in [0.4, 0.5) is 4.39 Å². The fourth-order valence-corrected chi connectivity index (χ4v) is 5.00. The van der Waals surface area contributed by atoms with E-state index in [2.05, 4.69) is 15.3 Å². The highest BCUT2D eigenvalue weighted by atomic mass is 35.5. The summed E-state index contributed by atoms with van der Waals surface area (Å²) in [5.74, 6) is -0.672. The van der Waals surface area contributed by atoms with Crippen molar-refractivity contribution in [1.29, 1.82) is 0 Å². The molecule has 9 heteroatoms. The highest BCUT2D eigenvalue weighted by Gasteiger charge is 2.27. The standard InChI is InChI=1S/C15H12ClFN2O.C15H11ClN2O/c16-9-1-4-12(14(17)7-9)11-5-6-18-8-13(11)15(20)19-10-2-3-10;16-9-1-4-12-11-5-6-17-8-13(11)15(19)18(10-2-3-10)14(12)7-9/h1,4-8,10H,2-3H2,(H,19,20);1,4-8,10H,2-3H2. The molecule has 6 nitrogen and oxygen atoms in total. The topological polar surface area (TPSA) is 76.9 Å². The monoisotopic (exact) mass is 560 g/mol. The van der Waals surface area contributed by atoms with Crippen LogP contribution < -0.4 is 10.9 Å². The molecule has 1 N–H and O–H groups in total. The van der Waals surface area contributed by atoms with Gasteiger partial charge in [0.25, 0.3) is 11.5 Å². The fourth-order valence-electron chi connectivity index (χ4n) is 4.68. The number of aromatic nitrogens is 3. The van der Waals surface area contributed by atoms with Crippen LogP contribution in [0.25, 0.3) is 32.8 Å². The number of hydrogen-bond donors (Lipinski definition) is 1. The number of nitrogens with one attached hydrogen (secondary N) is 1. The lowest BCUT2D eigenvalue weighted by atomic mass is 10.0. The molecule has 2 saturated carbocycles. The van der Waals surface area contributed by atoms with E-state index in [9.17, 15) is 14.0 Å². The maximum atomic E-state index is 14.0. The Bertz CT molecular complexity index is 1800. The van der Waals surface area contributed by atoms with Gasteiger partial charge in [0, 0.05) is 63.4 Å². The van der Waals surface area contributed by atoms with Crippen molar-refractivity contribution in [3.05, 3.63) is 105 Å². The van der Waals surface area contributed by atoms with Gasteiger partial charge in [-0.25, -0.2) is 4.39 Å². The van der Waals surface area contributed by atoms with E-state index in [0.29, 0.717) is 38.2 Å². The zero-order chi connectivity index (χ0) is 27.1. The first-order valence-electron chi connectivity index (χ1n) is 12.7. The van der Waals surface area contributed by atoms with E-state index in [4.69, 9.17) is 23.2 Å². The minimum absolute atomic E-state index is 0.0420. The van der Waals surface area contributed by atoms with Crippen LogP contribution in [0.3, 0.4) is 0 Å². The molecular formula is C30H23Cl2FN4O2. The zero-order valence-electron chi connectivity index (χ0n) is 20.7. The van der Waals surface area contributed by atoms with Crippen LogP contribution in [-0.2, 0) is 0 Å². The molecule has 0 saturated heterocycles. The number of carbonyl (C=O) groups excluding carboxylic acids is 1. The van der Waals surface area contributed by atoms with Crippen molar-refractivity contribution in [1.82, 2.24) is 19.9 Å². The van der Waals surface area contributed by atoms with Gasteiger partial charge in [-0.15, -0.1) is 0 Å². The number of benzene rings is 2. The molecule has 2 aliphatic rings. The minimum atomic E-state index is -0.454. The number of pyridine rings is 3. The third kappa shape index (κ3) is 5.24. The number of amides is 1. The third-order valence-corrected chi connectivity index (χ3v) is 7.36. The lowest BCUT2D eigenvalue weighted by Crippen LogP contribution is -2.26. The second-order valence-electron chi connectivity index (χ2n) is 9.78. The molecule has 0 spiro atoms. The van der Waals surface area contributed by atoms with Crippen LogP contribution in [0.15, 0.2) is 78.1 Å². The second kappa shape index (κ2) is 10.4. The fraction of sp³-hybridized carbons (Fsp3) is 0.200. The Morgan fingerprint density at radius 1 is 0.846 bits per heavy atom. The van der Waals surface area contributed by atoms with Gasteiger partial charge in [0.2, 0.25) is 0 Å². The molecule has 39 heavy (non-hydrogen) atoms. The molecule has 0 atom stereocenters. The van der Waals surface area contributed by atoms with Crippen LogP contribution in [0.1, 0.15) is 42.1 Å². The van der Waals surface area contributed by atoms with E-state index >= 15 is 0 Å². The maximum Gasteiger partial charge on any atom is 0.260 e. The van der Waals surface area contributed by atoms with E-state index in [-0.39, 0.29) is 17.5 Å². The number of rotatable bonds is 4. The molecule has 5 aromatic rings. The molecule has 196 valence electrons. The van der Waals surface area contributed by atoms with Crippen LogP contribution >= 0.6 is 23.2 Å². The molecule has 0 unspecified atom stereocenters. The summed E-state index contributed by atoms with van der Waals surface area (Å²) in [6.45, 7) is 0. The Morgan fingerprint density at radius 2 is 1.56 bits per heavy atom. The number of hydrogen-bond acceptors (Lipinski definition) is 4. The summed E-state index contributed by atoms with van der Waals surface area (Å²) in [5.41, 5.74) is 2.21. The van der Waals surface area contributed by atoms with Crippen molar-refractivity contribution in [3.8, 4) is 11.1 Å². The average Bonchev–Trinajstić information content (AvgIpc) is 3.86. The van der Waals surface area contributed by atoms with Crippen LogP contribution in [0.2, 0.25) is 10.0 Å². The van der Waals surface area contributed by atoms with E-state index in [0.717, 1.165) is 42.0 Å². The first-order chi connectivity index (χ1) is 18.9. The molecule has 2 aromatic carbocycles. The SMILES string of the molecule is O=C(NC1CC1)c1cnccc1-c1ccc(Cl)cc1F.O=c1c2cnccc2c2ccc(Cl)cc2n1C1CC1. The molecule has 3 aromatic heterocycles. The highest BCUT2D eigenvalue weighted by Crippen LogP contribution is 2.37. The van der Waals surface area contributed by atoms with E-state index < -0.39 is 5.82 Å². The molecule has 2 fully saturated rings. The summed E-state index contributed by atoms with van der Waals surface area (Å²) in [7, 11) is 0. The predicted octanol–water partition coefficient (Wildman–Crippen LogP) is 6.97. The van der Waals surface area contributed by atoms with E-state index in [1.165, 1.54) is 18.5 Å². The van der Waals surface area contributed by atoms with Crippen molar-refractivity contribution in [3.63, 3.8) is 0 Å². The largest absolute Gasteiger partial charge is 0.349 e.